The molecule has 2 rings (SSSR count). The maximum Gasteiger partial charge on any atom is 0.329 e. The number of hydrogen-bond donors (Lipinski definition) is 2. The summed E-state index contributed by atoms with van der Waals surface area (Å²) in [6, 6.07) is 10.6. The topological polar surface area (TPSA) is 86.7 Å². The number of nitrogens with zero attached hydrogens (tertiary/aromatic N) is 1. The van der Waals surface area contributed by atoms with E-state index in [9.17, 15) is 19.5 Å². The molecule has 0 saturated carbocycles. The van der Waals surface area contributed by atoms with Crippen molar-refractivity contribution < 1.29 is 19.5 Å². The highest BCUT2D eigenvalue weighted by Crippen LogP contribution is 2.19. The predicted octanol–water partition coefficient (Wildman–Crippen LogP) is 3.64. The van der Waals surface area contributed by atoms with Crippen LogP contribution >= 0.6 is 11.3 Å². The predicted molar refractivity (Wildman–Crippen MR) is 106 cm³/mol. The molecule has 2 aromatic rings. The monoisotopic (exact) mass is 388 g/mol. The molecule has 6 nitrogen and oxygen atoms in total. The third-order valence-electron chi connectivity index (χ3n) is 4.47. The molecule has 0 spiro atoms. The minimum Gasteiger partial charge on any atom is -0.480 e. The SMILES string of the molecule is CN(C(=O)c1cccc(NC(=O)CCCc2cccs2)c1)C(C)(C)C(=O)O. The second-order valence-corrected chi connectivity index (χ2v) is 7.82. The van der Waals surface area contributed by atoms with Crippen LogP contribution in [0.25, 0.3) is 0 Å². The van der Waals surface area contributed by atoms with Gasteiger partial charge in [-0.1, -0.05) is 12.1 Å². The third kappa shape index (κ3) is 5.40. The molecule has 7 heteroatoms. The lowest BCUT2D eigenvalue weighted by molar-refractivity contribution is -0.147. The van der Waals surface area contributed by atoms with Crippen LogP contribution in [0.4, 0.5) is 5.69 Å². The van der Waals surface area contributed by atoms with Crippen LogP contribution in [-0.2, 0) is 16.0 Å². The fraction of sp³-hybridized carbons (Fsp3) is 0.350. The molecule has 0 aliphatic carbocycles. The molecular weight excluding hydrogens is 364 g/mol. The maximum absolute atomic E-state index is 12.6. The van der Waals surface area contributed by atoms with Crippen molar-refractivity contribution in [3.05, 3.63) is 52.2 Å². The van der Waals surface area contributed by atoms with Crippen LogP contribution in [0.15, 0.2) is 41.8 Å². The molecule has 144 valence electrons. The number of anilines is 1. The summed E-state index contributed by atoms with van der Waals surface area (Å²) in [4.78, 5) is 38.5. The van der Waals surface area contributed by atoms with Crippen LogP contribution in [0.2, 0.25) is 0 Å². The smallest absolute Gasteiger partial charge is 0.329 e. The zero-order valence-electron chi connectivity index (χ0n) is 15.7. The number of likely N-dealkylation sites (N-methyl/N-ethyl adjacent to an activating group) is 1. The van der Waals surface area contributed by atoms with Crippen LogP contribution in [0.5, 0.6) is 0 Å². The Morgan fingerprint density at radius 2 is 1.93 bits per heavy atom. The van der Waals surface area contributed by atoms with E-state index in [1.807, 2.05) is 17.5 Å². The zero-order chi connectivity index (χ0) is 20.0. The molecule has 0 atom stereocenters. The summed E-state index contributed by atoms with van der Waals surface area (Å²) in [5.74, 6) is -1.62. The summed E-state index contributed by atoms with van der Waals surface area (Å²) in [5, 5.41) is 14.1. The Labute approximate surface area is 162 Å². The van der Waals surface area contributed by atoms with Crippen molar-refractivity contribution in [1.29, 1.82) is 0 Å². The Morgan fingerprint density at radius 1 is 1.19 bits per heavy atom. The van der Waals surface area contributed by atoms with E-state index in [1.54, 1.807) is 35.6 Å². The highest BCUT2D eigenvalue weighted by Gasteiger charge is 2.35. The van der Waals surface area contributed by atoms with Gasteiger partial charge in [-0.05, 0) is 56.3 Å². The van der Waals surface area contributed by atoms with Crippen LogP contribution in [0.1, 0.15) is 41.9 Å². The number of carbonyl (C=O) groups excluding carboxylic acids is 2. The molecule has 2 amide bonds. The van der Waals surface area contributed by atoms with Crippen molar-refractivity contribution in [3.63, 3.8) is 0 Å². The molecule has 0 aliphatic heterocycles. The van der Waals surface area contributed by atoms with Crippen LogP contribution in [-0.4, -0.2) is 40.4 Å². The highest BCUT2D eigenvalue weighted by molar-refractivity contribution is 7.09. The zero-order valence-corrected chi connectivity index (χ0v) is 16.5. The maximum atomic E-state index is 12.6. The molecule has 0 radical (unpaired) electrons. The van der Waals surface area contributed by atoms with E-state index in [1.165, 1.54) is 30.7 Å². The average Bonchev–Trinajstić information content (AvgIpc) is 3.14. The summed E-state index contributed by atoms with van der Waals surface area (Å²) >= 11 is 1.67. The van der Waals surface area contributed by atoms with Crippen molar-refractivity contribution in [3.8, 4) is 0 Å². The minimum absolute atomic E-state index is 0.115. The van der Waals surface area contributed by atoms with Gasteiger partial charge in [0.2, 0.25) is 5.91 Å². The molecule has 0 aliphatic rings. The Balaban J connectivity index is 1.96. The lowest BCUT2D eigenvalue weighted by Gasteiger charge is -2.31. The van der Waals surface area contributed by atoms with Gasteiger partial charge in [0.25, 0.3) is 5.91 Å². The van der Waals surface area contributed by atoms with Crippen LogP contribution in [0.3, 0.4) is 0 Å². The standard InChI is InChI=1S/C20H24N2O4S/c1-20(2,19(25)26)22(3)18(24)14-7-4-8-15(13-14)21-17(23)11-5-9-16-10-6-12-27-16/h4,6-8,10,12-13H,5,9,11H2,1-3H3,(H,21,23)(H,25,26). The second kappa shape index (κ2) is 8.81. The quantitative estimate of drug-likeness (QED) is 0.723. The van der Waals surface area contributed by atoms with Gasteiger partial charge in [-0.25, -0.2) is 4.79 Å². The fourth-order valence-corrected chi connectivity index (χ4v) is 3.17. The number of benzene rings is 1. The molecule has 1 aromatic carbocycles. The Morgan fingerprint density at radius 3 is 2.56 bits per heavy atom. The molecule has 27 heavy (non-hydrogen) atoms. The molecule has 0 saturated heterocycles. The van der Waals surface area contributed by atoms with E-state index >= 15 is 0 Å². The van der Waals surface area contributed by atoms with Gasteiger partial charge in [-0.3, -0.25) is 9.59 Å². The summed E-state index contributed by atoms with van der Waals surface area (Å²) in [6.07, 6.45) is 2.00. The van der Waals surface area contributed by atoms with Gasteiger partial charge < -0.3 is 15.3 Å². The average molecular weight is 388 g/mol. The number of carboxylic acid groups (broad SMARTS) is 1. The second-order valence-electron chi connectivity index (χ2n) is 6.79. The number of aliphatic carboxylic acids is 1. The molecule has 0 fully saturated rings. The molecule has 0 bridgehead atoms. The molecular formula is C20H24N2O4S. The van der Waals surface area contributed by atoms with Crippen LogP contribution < -0.4 is 5.32 Å². The lowest BCUT2D eigenvalue weighted by atomic mass is 10.0. The fourth-order valence-electron chi connectivity index (χ4n) is 2.42. The van der Waals surface area contributed by atoms with Gasteiger partial charge in [0.1, 0.15) is 5.54 Å². The summed E-state index contributed by atoms with van der Waals surface area (Å²) in [5.41, 5.74) is -0.496. The first kappa shape index (κ1) is 20.6. The van der Waals surface area contributed by atoms with Gasteiger partial charge >= 0.3 is 5.97 Å². The van der Waals surface area contributed by atoms with Gasteiger partial charge in [0, 0.05) is 29.6 Å². The first-order valence-corrected chi connectivity index (χ1v) is 9.53. The number of hydrogen-bond acceptors (Lipinski definition) is 4. The van der Waals surface area contributed by atoms with Crippen molar-refractivity contribution in [1.82, 2.24) is 4.90 Å². The lowest BCUT2D eigenvalue weighted by Crippen LogP contribution is -2.50. The summed E-state index contributed by atoms with van der Waals surface area (Å²) < 4.78 is 0. The number of aryl methyl sites for hydroxylation is 1. The van der Waals surface area contributed by atoms with E-state index in [0.717, 1.165) is 12.8 Å². The Bertz CT molecular complexity index is 815. The number of carbonyl (C=O) groups is 3. The van der Waals surface area contributed by atoms with Crippen molar-refractivity contribution in [2.45, 2.75) is 38.6 Å². The largest absolute Gasteiger partial charge is 0.480 e. The van der Waals surface area contributed by atoms with Gasteiger partial charge in [-0.2, -0.15) is 0 Å². The van der Waals surface area contributed by atoms with Crippen molar-refractivity contribution >= 4 is 34.8 Å². The van der Waals surface area contributed by atoms with E-state index < -0.39 is 17.4 Å². The van der Waals surface area contributed by atoms with Crippen molar-refractivity contribution in [2.75, 3.05) is 12.4 Å². The molecule has 0 unspecified atom stereocenters. The normalized spacial score (nSPS) is 11.1. The number of thiophene rings is 1. The third-order valence-corrected chi connectivity index (χ3v) is 5.40. The minimum atomic E-state index is -1.34. The highest BCUT2D eigenvalue weighted by atomic mass is 32.1. The van der Waals surface area contributed by atoms with Crippen LogP contribution in [0, 0.1) is 0 Å². The molecule has 1 aromatic heterocycles. The van der Waals surface area contributed by atoms with E-state index in [-0.39, 0.29) is 5.91 Å². The number of rotatable bonds is 8. The summed E-state index contributed by atoms with van der Waals surface area (Å²) in [6.45, 7) is 2.93. The number of carboxylic acids is 1. The van der Waals surface area contributed by atoms with Gasteiger partial charge in [0.05, 0.1) is 0 Å². The van der Waals surface area contributed by atoms with Gasteiger partial charge in [0.15, 0.2) is 0 Å². The number of nitrogens with one attached hydrogen (secondary N) is 1. The Kier molecular flexibility index (Phi) is 6.74. The van der Waals surface area contributed by atoms with Gasteiger partial charge in [-0.15, -0.1) is 11.3 Å². The van der Waals surface area contributed by atoms with E-state index in [4.69, 9.17) is 0 Å². The summed E-state index contributed by atoms with van der Waals surface area (Å²) in [7, 11) is 1.45. The first-order chi connectivity index (χ1) is 12.7. The molecule has 2 N–H and O–H groups in total. The first-order valence-electron chi connectivity index (χ1n) is 8.65. The Hall–Kier alpha value is -2.67. The molecule has 1 heterocycles. The van der Waals surface area contributed by atoms with Crippen molar-refractivity contribution in [2.24, 2.45) is 0 Å². The number of amides is 2. The van der Waals surface area contributed by atoms with E-state index in [2.05, 4.69) is 5.32 Å². The van der Waals surface area contributed by atoms with E-state index in [0.29, 0.717) is 17.7 Å².